The van der Waals surface area contributed by atoms with Crippen LogP contribution < -0.4 is 10.7 Å². The van der Waals surface area contributed by atoms with Crippen LogP contribution in [0.4, 0.5) is 5.69 Å². The molecule has 0 atom stereocenters. The fraction of sp³-hybridized carbons (Fsp3) is 0. The molecule has 0 unspecified atom stereocenters. The first-order valence-electron chi connectivity index (χ1n) is 5.15. The number of amides is 1. The summed E-state index contributed by atoms with van der Waals surface area (Å²) in [5.41, 5.74) is -0.170. The Hall–Kier alpha value is -1.98. The molecule has 1 aromatic carbocycles. The van der Waals surface area contributed by atoms with Gasteiger partial charge in [0.25, 0.3) is 5.91 Å². The van der Waals surface area contributed by atoms with Crippen LogP contribution >= 0.6 is 23.2 Å². The van der Waals surface area contributed by atoms with E-state index in [0.717, 1.165) is 0 Å². The Labute approximate surface area is 117 Å². The molecular formula is C12H8Cl2N2O3. The highest BCUT2D eigenvalue weighted by Gasteiger charge is 2.12. The molecule has 1 heterocycles. The zero-order valence-corrected chi connectivity index (χ0v) is 10.9. The molecule has 0 radical (unpaired) electrons. The number of anilines is 1. The Bertz CT molecular complexity index is 674. The molecule has 3 N–H and O–H groups in total. The Morgan fingerprint density at radius 2 is 1.89 bits per heavy atom. The summed E-state index contributed by atoms with van der Waals surface area (Å²) in [6.07, 6.45) is 2.72. The summed E-state index contributed by atoms with van der Waals surface area (Å²) in [7, 11) is 0. The molecule has 2 rings (SSSR count). The van der Waals surface area contributed by atoms with Gasteiger partial charge in [0.15, 0.2) is 11.2 Å². The van der Waals surface area contributed by atoms with Crippen LogP contribution in [0.2, 0.25) is 10.0 Å². The summed E-state index contributed by atoms with van der Waals surface area (Å²) in [6, 6.07) is 3.90. The third kappa shape index (κ3) is 2.89. The number of H-pyrrole nitrogens is 1. The lowest BCUT2D eigenvalue weighted by atomic mass is 10.2. The van der Waals surface area contributed by atoms with E-state index in [2.05, 4.69) is 10.3 Å². The second-order valence-corrected chi connectivity index (χ2v) is 4.48. The summed E-state index contributed by atoms with van der Waals surface area (Å²) in [5.74, 6) is -0.862. The SMILES string of the molecule is O=C(Nc1cc(Cl)c(O)c(Cl)c1)c1c[nH]ccc1=O. The topological polar surface area (TPSA) is 82.2 Å². The Morgan fingerprint density at radius 1 is 1.26 bits per heavy atom. The zero-order valence-electron chi connectivity index (χ0n) is 9.41. The predicted octanol–water partition coefficient (Wildman–Crippen LogP) is 2.64. The van der Waals surface area contributed by atoms with Crippen LogP contribution in [0, 0.1) is 0 Å². The lowest BCUT2D eigenvalue weighted by Crippen LogP contribution is -2.20. The van der Waals surface area contributed by atoms with Crippen molar-refractivity contribution in [3.63, 3.8) is 0 Å². The van der Waals surface area contributed by atoms with E-state index >= 15 is 0 Å². The number of phenolic OH excluding ortho intramolecular Hbond substituents is 1. The summed E-state index contributed by atoms with van der Waals surface area (Å²) in [4.78, 5) is 26.0. The van der Waals surface area contributed by atoms with E-state index in [1.54, 1.807) is 0 Å². The molecule has 0 aliphatic rings. The van der Waals surface area contributed by atoms with E-state index in [1.807, 2.05) is 0 Å². The lowest BCUT2D eigenvalue weighted by Gasteiger charge is -2.07. The van der Waals surface area contributed by atoms with Crippen LogP contribution in [0.3, 0.4) is 0 Å². The summed E-state index contributed by atoms with van der Waals surface area (Å²) in [5, 5.41) is 11.9. The number of benzene rings is 1. The monoisotopic (exact) mass is 298 g/mol. The second-order valence-electron chi connectivity index (χ2n) is 3.66. The van der Waals surface area contributed by atoms with E-state index in [0.29, 0.717) is 0 Å². The van der Waals surface area contributed by atoms with Crippen molar-refractivity contribution in [2.45, 2.75) is 0 Å². The largest absolute Gasteiger partial charge is 0.505 e. The molecular weight excluding hydrogens is 291 g/mol. The highest BCUT2D eigenvalue weighted by Crippen LogP contribution is 2.34. The highest BCUT2D eigenvalue weighted by atomic mass is 35.5. The standard InChI is InChI=1S/C12H8Cl2N2O3/c13-8-3-6(4-9(14)11(8)18)16-12(19)7-5-15-2-1-10(7)17/h1-5,18H,(H,15,17)(H,16,19). The van der Waals surface area contributed by atoms with Gasteiger partial charge in [-0.1, -0.05) is 23.2 Å². The number of carbonyl (C=O) groups is 1. The maximum absolute atomic E-state index is 11.9. The number of nitrogens with one attached hydrogen (secondary N) is 2. The summed E-state index contributed by atoms with van der Waals surface area (Å²) >= 11 is 11.5. The molecule has 7 heteroatoms. The van der Waals surface area contributed by atoms with Crippen LogP contribution in [0.15, 0.2) is 35.4 Å². The number of aromatic nitrogens is 1. The van der Waals surface area contributed by atoms with Crippen molar-refractivity contribution < 1.29 is 9.90 Å². The van der Waals surface area contributed by atoms with Crippen molar-refractivity contribution in [1.82, 2.24) is 4.98 Å². The fourth-order valence-corrected chi connectivity index (χ4v) is 1.92. The molecule has 0 saturated carbocycles. The lowest BCUT2D eigenvalue weighted by molar-refractivity contribution is 0.102. The minimum absolute atomic E-state index is 0.00442. The van der Waals surface area contributed by atoms with Gasteiger partial charge in [0.2, 0.25) is 0 Å². The van der Waals surface area contributed by atoms with E-state index in [4.69, 9.17) is 23.2 Å². The minimum Gasteiger partial charge on any atom is -0.505 e. The first kappa shape index (κ1) is 13.5. The molecule has 0 saturated heterocycles. The number of aromatic amines is 1. The molecule has 1 amide bonds. The highest BCUT2D eigenvalue weighted by molar-refractivity contribution is 6.37. The summed E-state index contributed by atoms with van der Waals surface area (Å²) < 4.78 is 0. The average molecular weight is 299 g/mol. The van der Waals surface area contributed by atoms with Gasteiger partial charge in [-0.25, -0.2) is 0 Å². The second kappa shape index (κ2) is 5.34. The van der Waals surface area contributed by atoms with Crippen LogP contribution in [-0.2, 0) is 0 Å². The van der Waals surface area contributed by atoms with Gasteiger partial charge in [-0.2, -0.15) is 0 Å². The van der Waals surface area contributed by atoms with Gasteiger partial charge < -0.3 is 15.4 Å². The summed E-state index contributed by atoms with van der Waals surface area (Å²) in [6.45, 7) is 0. The maximum Gasteiger partial charge on any atom is 0.261 e. The van der Waals surface area contributed by atoms with E-state index in [-0.39, 0.29) is 27.0 Å². The number of pyridine rings is 1. The molecule has 0 aliphatic heterocycles. The van der Waals surface area contributed by atoms with Crippen LogP contribution in [0.25, 0.3) is 0 Å². The molecule has 0 fully saturated rings. The maximum atomic E-state index is 11.9. The minimum atomic E-state index is -0.598. The molecule has 5 nitrogen and oxygen atoms in total. The predicted molar refractivity (Wildman–Crippen MR) is 73.1 cm³/mol. The molecule has 98 valence electrons. The molecule has 0 aliphatic carbocycles. The Balaban J connectivity index is 2.30. The van der Waals surface area contributed by atoms with Gasteiger partial charge in [0.1, 0.15) is 5.56 Å². The van der Waals surface area contributed by atoms with Crippen LogP contribution in [0.5, 0.6) is 5.75 Å². The number of halogens is 2. The van der Waals surface area contributed by atoms with Crippen molar-refractivity contribution in [1.29, 1.82) is 0 Å². The molecule has 19 heavy (non-hydrogen) atoms. The van der Waals surface area contributed by atoms with Crippen molar-refractivity contribution in [2.24, 2.45) is 0 Å². The van der Waals surface area contributed by atoms with E-state index in [9.17, 15) is 14.7 Å². The van der Waals surface area contributed by atoms with Gasteiger partial charge in [0.05, 0.1) is 10.0 Å². The first-order valence-corrected chi connectivity index (χ1v) is 5.91. The van der Waals surface area contributed by atoms with E-state index < -0.39 is 11.3 Å². The van der Waals surface area contributed by atoms with Gasteiger partial charge in [-0.05, 0) is 12.1 Å². The van der Waals surface area contributed by atoms with Crippen molar-refractivity contribution in [3.05, 3.63) is 56.4 Å². The number of aromatic hydroxyl groups is 1. The number of rotatable bonds is 2. The zero-order chi connectivity index (χ0) is 14.0. The number of hydrogen-bond donors (Lipinski definition) is 3. The fourth-order valence-electron chi connectivity index (χ4n) is 1.43. The van der Waals surface area contributed by atoms with Crippen molar-refractivity contribution in [3.8, 4) is 5.75 Å². The van der Waals surface area contributed by atoms with Gasteiger partial charge >= 0.3 is 0 Å². The molecule has 0 bridgehead atoms. The van der Waals surface area contributed by atoms with Gasteiger partial charge in [-0.3, -0.25) is 9.59 Å². The molecule has 1 aromatic heterocycles. The van der Waals surface area contributed by atoms with Crippen molar-refractivity contribution in [2.75, 3.05) is 5.32 Å². The molecule has 0 spiro atoms. The Morgan fingerprint density at radius 3 is 2.47 bits per heavy atom. The quantitative estimate of drug-likeness (QED) is 0.745. The number of phenols is 1. The smallest absolute Gasteiger partial charge is 0.261 e. The van der Waals surface area contributed by atoms with E-state index in [1.165, 1.54) is 30.6 Å². The van der Waals surface area contributed by atoms with Gasteiger partial charge in [0, 0.05) is 24.1 Å². The van der Waals surface area contributed by atoms with Crippen LogP contribution in [-0.4, -0.2) is 16.0 Å². The normalized spacial score (nSPS) is 10.2. The molecule has 2 aromatic rings. The first-order chi connectivity index (χ1) is 8.99. The third-order valence-electron chi connectivity index (χ3n) is 2.34. The number of hydrogen-bond acceptors (Lipinski definition) is 3. The third-order valence-corrected chi connectivity index (χ3v) is 2.92. The van der Waals surface area contributed by atoms with Crippen molar-refractivity contribution >= 4 is 34.8 Å². The van der Waals surface area contributed by atoms with Gasteiger partial charge in [-0.15, -0.1) is 0 Å². The Kier molecular flexibility index (Phi) is 3.78. The van der Waals surface area contributed by atoms with Crippen LogP contribution in [0.1, 0.15) is 10.4 Å². The number of carbonyl (C=O) groups excluding carboxylic acids is 1. The average Bonchev–Trinajstić information content (AvgIpc) is 2.36.